The largest absolute Gasteiger partial charge is 0.480 e. The van der Waals surface area contributed by atoms with Gasteiger partial charge in [-0.2, -0.15) is 0 Å². The van der Waals surface area contributed by atoms with Crippen LogP contribution in [-0.4, -0.2) is 39.7 Å². The topological polar surface area (TPSA) is 118 Å². The molecule has 1 atom stereocenters. The summed E-state index contributed by atoms with van der Waals surface area (Å²) in [7, 11) is 0. The SMILES string of the molecule is CC(C)(C)c1cc(NC(=O)CSCC(N)C(=O)O)on1. The maximum Gasteiger partial charge on any atom is 0.321 e. The monoisotopic (exact) mass is 301 g/mol. The molecule has 112 valence electrons. The fourth-order valence-electron chi connectivity index (χ4n) is 1.21. The number of rotatable bonds is 6. The molecule has 20 heavy (non-hydrogen) atoms. The van der Waals surface area contributed by atoms with Gasteiger partial charge in [-0.3, -0.25) is 14.9 Å². The number of nitrogens with zero attached hydrogens (tertiary/aromatic N) is 1. The number of aromatic nitrogens is 1. The molecule has 1 aromatic rings. The molecule has 0 fully saturated rings. The van der Waals surface area contributed by atoms with Gasteiger partial charge in [0, 0.05) is 17.2 Å². The van der Waals surface area contributed by atoms with Gasteiger partial charge in [-0.15, -0.1) is 11.8 Å². The maximum atomic E-state index is 11.6. The summed E-state index contributed by atoms with van der Waals surface area (Å²) >= 11 is 1.15. The first-order valence-electron chi connectivity index (χ1n) is 6.03. The van der Waals surface area contributed by atoms with Crippen LogP contribution in [0.5, 0.6) is 0 Å². The van der Waals surface area contributed by atoms with Crippen LogP contribution in [0.25, 0.3) is 0 Å². The zero-order valence-electron chi connectivity index (χ0n) is 11.7. The Kier molecular flexibility index (Phi) is 5.58. The number of nitrogens with two attached hydrogens (primary N) is 1. The first-order chi connectivity index (χ1) is 9.20. The van der Waals surface area contributed by atoms with Gasteiger partial charge in [0.25, 0.3) is 0 Å². The third kappa shape index (κ3) is 5.22. The van der Waals surface area contributed by atoms with Gasteiger partial charge in [-0.1, -0.05) is 25.9 Å². The minimum atomic E-state index is -1.08. The fourth-order valence-corrected chi connectivity index (χ4v) is 1.98. The summed E-state index contributed by atoms with van der Waals surface area (Å²) < 4.78 is 5.02. The van der Waals surface area contributed by atoms with E-state index in [1.807, 2.05) is 20.8 Å². The highest BCUT2D eigenvalue weighted by Gasteiger charge is 2.19. The van der Waals surface area contributed by atoms with Gasteiger partial charge < -0.3 is 15.4 Å². The third-order valence-electron chi connectivity index (χ3n) is 2.39. The highest BCUT2D eigenvalue weighted by molar-refractivity contribution is 8.00. The lowest BCUT2D eigenvalue weighted by Gasteiger charge is -2.12. The van der Waals surface area contributed by atoms with E-state index in [2.05, 4.69) is 10.5 Å². The molecular weight excluding hydrogens is 282 g/mol. The number of hydrogen-bond acceptors (Lipinski definition) is 6. The van der Waals surface area contributed by atoms with Gasteiger partial charge in [-0.05, 0) is 0 Å². The molecule has 0 aromatic carbocycles. The second-order valence-electron chi connectivity index (χ2n) is 5.33. The average Bonchev–Trinajstić information content (AvgIpc) is 2.76. The number of thioether (sulfide) groups is 1. The van der Waals surface area contributed by atoms with Crippen molar-refractivity contribution >= 4 is 29.5 Å². The predicted octanol–water partition coefficient (Wildman–Crippen LogP) is 1.06. The van der Waals surface area contributed by atoms with Crippen LogP contribution in [0.3, 0.4) is 0 Å². The average molecular weight is 301 g/mol. The van der Waals surface area contributed by atoms with Crippen molar-refractivity contribution in [3.63, 3.8) is 0 Å². The molecule has 0 aliphatic heterocycles. The van der Waals surface area contributed by atoms with Gasteiger partial charge in [0.15, 0.2) is 0 Å². The molecule has 0 aliphatic carbocycles. The summed E-state index contributed by atoms with van der Waals surface area (Å²) in [6.07, 6.45) is 0. The fraction of sp³-hybridized carbons (Fsp3) is 0.583. The lowest BCUT2D eigenvalue weighted by atomic mass is 9.92. The lowest BCUT2D eigenvalue weighted by molar-refractivity contribution is -0.137. The van der Waals surface area contributed by atoms with E-state index in [0.717, 1.165) is 17.5 Å². The second-order valence-corrected chi connectivity index (χ2v) is 6.36. The number of anilines is 1. The predicted molar refractivity (Wildman–Crippen MR) is 76.8 cm³/mol. The Morgan fingerprint density at radius 1 is 1.55 bits per heavy atom. The Labute approximate surface area is 121 Å². The van der Waals surface area contributed by atoms with Crippen LogP contribution in [0.2, 0.25) is 0 Å². The number of carboxylic acids is 1. The normalized spacial score (nSPS) is 13.0. The minimum Gasteiger partial charge on any atom is -0.480 e. The van der Waals surface area contributed by atoms with Crippen LogP contribution < -0.4 is 11.1 Å². The van der Waals surface area contributed by atoms with Crippen LogP contribution in [0.4, 0.5) is 5.88 Å². The molecule has 1 amide bonds. The Balaban J connectivity index is 2.39. The van der Waals surface area contributed by atoms with E-state index in [-0.39, 0.29) is 28.7 Å². The molecule has 1 unspecified atom stereocenters. The van der Waals surface area contributed by atoms with E-state index in [4.69, 9.17) is 15.4 Å². The van der Waals surface area contributed by atoms with Crippen LogP contribution in [-0.2, 0) is 15.0 Å². The summed E-state index contributed by atoms with van der Waals surface area (Å²) in [5.74, 6) is -0.811. The van der Waals surface area contributed by atoms with Gasteiger partial charge in [-0.25, -0.2) is 0 Å². The molecule has 1 heterocycles. The first-order valence-corrected chi connectivity index (χ1v) is 7.19. The molecule has 1 aromatic heterocycles. The van der Waals surface area contributed by atoms with Crippen molar-refractivity contribution in [1.29, 1.82) is 0 Å². The van der Waals surface area contributed by atoms with E-state index in [9.17, 15) is 9.59 Å². The number of hydrogen-bond donors (Lipinski definition) is 3. The van der Waals surface area contributed by atoms with E-state index in [1.165, 1.54) is 0 Å². The highest BCUT2D eigenvalue weighted by Crippen LogP contribution is 2.23. The van der Waals surface area contributed by atoms with E-state index >= 15 is 0 Å². The van der Waals surface area contributed by atoms with Gasteiger partial charge >= 0.3 is 5.97 Å². The number of carboxylic acid groups (broad SMARTS) is 1. The number of carbonyl (C=O) groups excluding carboxylic acids is 1. The maximum absolute atomic E-state index is 11.6. The van der Waals surface area contributed by atoms with Gasteiger partial charge in [0.2, 0.25) is 11.8 Å². The number of carbonyl (C=O) groups is 2. The molecule has 0 radical (unpaired) electrons. The zero-order valence-corrected chi connectivity index (χ0v) is 12.5. The molecule has 4 N–H and O–H groups in total. The van der Waals surface area contributed by atoms with E-state index in [0.29, 0.717) is 0 Å². The molecule has 0 saturated carbocycles. The zero-order chi connectivity index (χ0) is 15.3. The quantitative estimate of drug-likeness (QED) is 0.718. The Bertz CT molecular complexity index is 481. The lowest BCUT2D eigenvalue weighted by Crippen LogP contribution is -2.33. The van der Waals surface area contributed by atoms with Gasteiger partial charge in [0.05, 0.1) is 11.4 Å². The van der Waals surface area contributed by atoms with E-state index < -0.39 is 12.0 Å². The highest BCUT2D eigenvalue weighted by atomic mass is 32.2. The third-order valence-corrected chi connectivity index (χ3v) is 3.45. The smallest absolute Gasteiger partial charge is 0.321 e. The summed E-state index contributed by atoms with van der Waals surface area (Å²) in [5.41, 5.74) is 5.91. The molecule has 0 aliphatic rings. The van der Waals surface area contributed by atoms with Crippen LogP contribution in [0, 0.1) is 0 Å². The van der Waals surface area contributed by atoms with Crippen molar-refractivity contribution in [3.05, 3.63) is 11.8 Å². The first kappa shape index (κ1) is 16.5. The molecule has 0 saturated heterocycles. The molecule has 0 bridgehead atoms. The van der Waals surface area contributed by atoms with Crippen molar-refractivity contribution < 1.29 is 19.2 Å². The molecular formula is C12H19N3O4S. The van der Waals surface area contributed by atoms with Crippen molar-refractivity contribution in [2.75, 3.05) is 16.8 Å². The van der Waals surface area contributed by atoms with Crippen LogP contribution in [0.15, 0.2) is 10.6 Å². The van der Waals surface area contributed by atoms with Crippen LogP contribution >= 0.6 is 11.8 Å². The Morgan fingerprint density at radius 2 is 2.20 bits per heavy atom. The second kappa shape index (κ2) is 6.76. The van der Waals surface area contributed by atoms with Crippen molar-refractivity contribution in [3.8, 4) is 0 Å². The van der Waals surface area contributed by atoms with Crippen LogP contribution in [0.1, 0.15) is 26.5 Å². The van der Waals surface area contributed by atoms with Gasteiger partial charge in [0.1, 0.15) is 6.04 Å². The van der Waals surface area contributed by atoms with Crippen molar-refractivity contribution in [1.82, 2.24) is 5.16 Å². The summed E-state index contributed by atoms with van der Waals surface area (Å²) in [6, 6.07) is 0.705. The number of aliphatic carboxylic acids is 1. The summed E-state index contributed by atoms with van der Waals surface area (Å²) in [6.45, 7) is 5.96. The molecule has 1 rings (SSSR count). The van der Waals surface area contributed by atoms with Crippen molar-refractivity contribution in [2.24, 2.45) is 5.73 Å². The van der Waals surface area contributed by atoms with Crippen molar-refractivity contribution in [2.45, 2.75) is 32.2 Å². The number of nitrogens with one attached hydrogen (secondary N) is 1. The van der Waals surface area contributed by atoms with E-state index in [1.54, 1.807) is 6.07 Å². The minimum absolute atomic E-state index is 0.104. The molecule has 0 spiro atoms. The summed E-state index contributed by atoms with van der Waals surface area (Å²) in [5, 5.41) is 15.0. The molecule has 8 heteroatoms. The Hall–Kier alpha value is -1.54. The molecule has 7 nitrogen and oxygen atoms in total. The Morgan fingerprint density at radius 3 is 2.70 bits per heavy atom. The number of amides is 1. The summed E-state index contributed by atoms with van der Waals surface area (Å²) in [4.78, 5) is 22.1. The standard InChI is InChI=1S/C12H19N3O4S/c1-12(2,3)8-4-10(19-15-8)14-9(16)6-20-5-7(13)11(17)18/h4,7H,5-6,13H2,1-3H3,(H,14,16)(H,17,18).